The van der Waals surface area contributed by atoms with Gasteiger partial charge in [-0.2, -0.15) is 0 Å². The predicted molar refractivity (Wildman–Crippen MR) is 108 cm³/mol. The number of carbonyl (C=O) groups is 1. The van der Waals surface area contributed by atoms with Gasteiger partial charge in [-0.05, 0) is 36.1 Å². The first-order chi connectivity index (χ1) is 13.1. The van der Waals surface area contributed by atoms with Crippen molar-refractivity contribution in [1.82, 2.24) is 4.98 Å². The van der Waals surface area contributed by atoms with Crippen LogP contribution in [0.3, 0.4) is 0 Å². The fraction of sp³-hybridized carbons (Fsp3) is 0.300. The molecule has 3 heterocycles. The molecule has 0 bridgehead atoms. The van der Waals surface area contributed by atoms with E-state index in [0.717, 1.165) is 22.4 Å². The molecule has 0 unspecified atom stereocenters. The van der Waals surface area contributed by atoms with Crippen LogP contribution in [-0.4, -0.2) is 48.4 Å². The van der Waals surface area contributed by atoms with Crippen LogP contribution in [0.4, 0.5) is 5.82 Å². The molecule has 27 heavy (non-hydrogen) atoms. The van der Waals surface area contributed by atoms with Crippen molar-refractivity contribution in [3.63, 3.8) is 0 Å². The number of carboxylic acids is 1. The highest BCUT2D eigenvalue weighted by molar-refractivity contribution is 7.22. The van der Waals surface area contributed by atoms with Gasteiger partial charge in [-0.15, -0.1) is 11.3 Å². The molecule has 2 aromatic heterocycles. The monoisotopic (exact) mass is 383 g/mol. The van der Waals surface area contributed by atoms with Crippen LogP contribution in [0.15, 0.2) is 42.5 Å². The Labute approximate surface area is 161 Å². The molecule has 0 saturated carbocycles. The maximum Gasteiger partial charge on any atom is 0.339 e. The number of benzene rings is 1. The second kappa shape index (κ2) is 7.26. The number of methoxy groups -OCH3 is 1. The number of anilines is 1. The summed E-state index contributed by atoms with van der Waals surface area (Å²) in [5.74, 6) is -0.504. The number of thiophene rings is 1. The fourth-order valence-corrected chi connectivity index (χ4v) is 4.51. The number of carboxylic acid groups (broad SMARTS) is 1. The first-order valence-electron chi connectivity index (χ1n) is 8.83. The molecule has 3 N–H and O–H groups in total. The number of ether oxygens (including phenoxy) is 1. The molecule has 1 saturated heterocycles. The lowest BCUT2D eigenvalue weighted by molar-refractivity contribution is 0.0685. The Morgan fingerprint density at radius 3 is 2.89 bits per heavy atom. The number of nitrogens with zero attached hydrogens (tertiary/aromatic N) is 2. The summed E-state index contributed by atoms with van der Waals surface area (Å²) in [7, 11) is 1.63. The van der Waals surface area contributed by atoms with Crippen molar-refractivity contribution in [3.8, 4) is 10.6 Å². The standard InChI is InChI=1S/C20H21N3O3S/c1-26-16-11-23(9-8-14(16)21)19-13(20(24)25)6-7-15(22-19)18-10-12-4-2-3-5-17(12)27-18/h2-7,10,14,16H,8-9,11,21H2,1H3,(H,24,25)/t14-,16+/m0/s1. The van der Waals surface area contributed by atoms with Gasteiger partial charge < -0.3 is 20.5 Å². The largest absolute Gasteiger partial charge is 0.478 e. The molecule has 1 aliphatic heterocycles. The first kappa shape index (κ1) is 17.9. The second-order valence-corrected chi connectivity index (χ2v) is 7.78. The van der Waals surface area contributed by atoms with Crippen LogP contribution in [0.1, 0.15) is 16.8 Å². The lowest BCUT2D eigenvalue weighted by Gasteiger charge is -2.37. The average molecular weight is 383 g/mol. The van der Waals surface area contributed by atoms with E-state index in [1.54, 1.807) is 30.6 Å². The van der Waals surface area contributed by atoms with E-state index in [9.17, 15) is 9.90 Å². The minimum Gasteiger partial charge on any atom is -0.478 e. The van der Waals surface area contributed by atoms with Crippen molar-refractivity contribution in [2.75, 3.05) is 25.1 Å². The summed E-state index contributed by atoms with van der Waals surface area (Å²) in [6.45, 7) is 1.19. The molecule has 0 radical (unpaired) electrons. The summed E-state index contributed by atoms with van der Waals surface area (Å²) in [4.78, 5) is 19.5. The van der Waals surface area contributed by atoms with Crippen molar-refractivity contribution in [2.24, 2.45) is 5.73 Å². The summed E-state index contributed by atoms with van der Waals surface area (Å²) < 4.78 is 6.65. The van der Waals surface area contributed by atoms with E-state index in [4.69, 9.17) is 15.5 Å². The van der Waals surface area contributed by atoms with Gasteiger partial charge in [0.05, 0.1) is 16.7 Å². The van der Waals surface area contributed by atoms with E-state index >= 15 is 0 Å². The SMILES string of the molecule is CO[C@@H]1CN(c2nc(-c3cc4ccccc4s3)ccc2C(=O)O)CC[C@@H]1N. The van der Waals surface area contributed by atoms with E-state index in [0.29, 0.717) is 18.9 Å². The Bertz CT molecular complexity index is 955. The summed E-state index contributed by atoms with van der Waals surface area (Å²) in [5, 5.41) is 10.8. The lowest BCUT2D eigenvalue weighted by atomic mass is 10.0. The number of aromatic nitrogens is 1. The van der Waals surface area contributed by atoms with Crippen molar-refractivity contribution in [2.45, 2.75) is 18.6 Å². The van der Waals surface area contributed by atoms with Crippen molar-refractivity contribution in [1.29, 1.82) is 0 Å². The normalized spacial score (nSPS) is 20.1. The smallest absolute Gasteiger partial charge is 0.339 e. The predicted octanol–water partition coefficient (Wildman–Crippen LogP) is 3.21. The third kappa shape index (κ3) is 3.41. The molecule has 7 heteroatoms. The summed E-state index contributed by atoms with van der Waals surface area (Å²) in [6, 6.07) is 13.6. The van der Waals surface area contributed by atoms with Crippen molar-refractivity contribution >= 4 is 33.2 Å². The molecule has 140 valence electrons. The lowest BCUT2D eigenvalue weighted by Crippen LogP contribution is -2.52. The molecule has 1 aliphatic rings. The highest BCUT2D eigenvalue weighted by Gasteiger charge is 2.29. The van der Waals surface area contributed by atoms with E-state index in [1.165, 1.54) is 4.70 Å². The van der Waals surface area contributed by atoms with E-state index in [1.807, 2.05) is 17.0 Å². The maximum absolute atomic E-state index is 11.7. The highest BCUT2D eigenvalue weighted by atomic mass is 32.1. The van der Waals surface area contributed by atoms with Crippen LogP contribution < -0.4 is 10.6 Å². The third-order valence-electron chi connectivity index (χ3n) is 5.00. The molecule has 1 aromatic carbocycles. The number of rotatable bonds is 4. The Morgan fingerprint density at radius 1 is 1.33 bits per heavy atom. The molecule has 0 spiro atoms. The van der Waals surface area contributed by atoms with Gasteiger partial charge in [0.25, 0.3) is 0 Å². The Hall–Kier alpha value is -2.48. The van der Waals surface area contributed by atoms with Gasteiger partial charge in [0.15, 0.2) is 0 Å². The Balaban J connectivity index is 1.75. The minimum atomic E-state index is -0.982. The number of nitrogens with two attached hydrogens (primary N) is 1. The zero-order valence-electron chi connectivity index (χ0n) is 15.0. The van der Waals surface area contributed by atoms with Crippen LogP contribution in [0.2, 0.25) is 0 Å². The Morgan fingerprint density at radius 2 is 2.15 bits per heavy atom. The molecule has 3 aromatic rings. The molecular weight excluding hydrogens is 362 g/mol. The van der Waals surface area contributed by atoms with Gasteiger partial charge in [-0.25, -0.2) is 9.78 Å². The van der Waals surface area contributed by atoms with Gasteiger partial charge in [-0.1, -0.05) is 18.2 Å². The number of hydrogen-bond donors (Lipinski definition) is 2. The molecular formula is C20H21N3O3S. The molecule has 4 rings (SSSR count). The second-order valence-electron chi connectivity index (χ2n) is 6.69. The number of hydrogen-bond acceptors (Lipinski definition) is 6. The Kier molecular flexibility index (Phi) is 4.82. The molecule has 0 amide bonds. The van der Waals surface area contributed by atoms with E-state index in [-0.39, 0.29) is 17.7 Å². The minimum absolute atomic E-state index is 0.0506. The number of pyridine rings is 1. The molecule has 1 fully saturated rings. The topological polar surface area (TPSA) is 88.7 Å². The van der Waals surface area contributed by atoms with Gasteiger partial charge in [0.1, 0.15) is 11.4 Å². The third-order valence-corrected chi connectivity index (χ3v) is 6.13. The van der Waals surface area contributed by atoms with E-state index < -0.39 is 5.97 Å². The average Bonchev–Trinajstić information content (AvgIpc) is 3.12. The van der Waals surface area contributed by atoms with Gasteiger partial charge in [0.2, 0.25) is 0 Å². The summed E-state index contributed by atoms with van der Waals surface area (Å²) >= 11 is 1.65. The molecule has 2 atom stereocenters. The van der Waals surface area contributed by atoms with Crippen LogP contribution in [0.5, 0.6) is 0 Å². The number of fused-ring (bicyclic) bond motifs is 1. The van der Waals surface area contributed by atoms with Gasteiger partial charge in [0, 0.05) is 30.9 Å². The van der Waals surface area contributed by atoms with Crippen LogP contribution in [0.25, 0.3) is 20.7 Å². The molecule has 0 aliphatic carbocycles. The number of piperidine rings is 1. The first-order valence-corrected chi connectivity index (χ1v) is 9.65. The summed E-state index contributed by atoms with van der Waals surface area (Å²) in [5.41, 5.74) is 7.08. The van der Waals surface area contributed by atoms with Gasteiger partial charge >= 0.3 is 5.97 Å². The quantitative estimate of drug-likeness (QED) is 0.719. The maximum atomic E-state index is 11.7. The molecule has 6 nitrogen and oxygen atoms in total. The number of aromatic carboxylic acids is 1. The highest BCUT2D eigenvalue weighted by Crippen LogP contribution is 2.34. The zero-order chi connectivity index (χ0) is 19.0. The van der Waals surface area contributed by atoms with Crippen LogP contribution in [0, 0.1) is 0 Å². The van der Waals surface area contributed by atoms with E-state index in [2.05, 4.69) is 18.2 Å². The van der Waals surface area contributed by atoms with Crippen LogP contribution in [-0.2, 0) is 4.74 Å². The summed E-state index contributed by atoms with van der Waals surface area (Å²) in [6.07, 6.45) is 0.585. The van der Waals surface area contributed by atoms with Crippen LogP contribution >= 0.6 is 11.3 Å². The van der Waals surface area contributed by atoms with Gasteiger partial charge in [-0.3, -0.25) is 0 Å². The zero-order valence-corrected chi connectivity index (χ0v) is 15.8. The van der Waals surface area contributed by atoms with Crippen molar-refractivity contribution < 1.29 is 14.6 Å². The fourth-order valence-electron chi connectivity index (χ4n) is 3.48. The van der Waals surface area contributed by atoms with Crippen molar-refractivity contribution in [3.05, 3.63) is 48.0 Å².